The number of methoxy groups -OCH3 is 1. The van der Waals surface area contributed by atoms with E-state index in [-0.39, 0.29) is 11.6 Å². The summed E-state index contributed by atoms with van der Waals surface area (Å²) in [6.07, 6.45) is 1.95. The van der Waals surface area contributed by atoms with E-state index in [9.17, 15) is 8.78 Å². The lowest BCUT2D eigenvalue weighted by Gasteiger charge is -2.22. The Bertz CT molecular complexity index is 1040. The van der Waals surface area contributed by atoms with Gasteiger partial charge in [0.2, 0.25) is 0 Å². The molecule has 0 spiro atoms. The van der Waals surface area contributed by atoms with Crippen LogP contribution in [0.4, 0.5) is 20.2 Å². The lowest BCUT2D eigenvalue weighted by atomic mass is 10.0. The van der Waals surface area contributed by atoms with E-state index in [0.29, 0.717) is 22.3 Å². The highest BCUT2D eigenvalue weighted by molar-refractivity contribution is 6.08. The average Bonchev–Trinajstić information content (AvgIpc) is 2.75. The van der Waals surface area contributed by atoms with Gasteiger partial charge in [0.05, 0.1) is 18.3 Å². The van der Waals surface area contributed by atoms with Crippen molar-refractivity contribution in [1.82, 2.24) is 9.88 Å². The van der Waals surface area contributed by atoms with E-state index in [1.165, 1.54) is 6.07 Å². The minimum absolute atomic E-state index is 0.0596. The first kappa shape index (κ1) is 22.0. The summed E-state index contributed by atoms with van der Waals surface area (Å²) in [5.41, 5.74) is 6.35. The molecule has 0 fully saturated rings. The number of ether oxygens (including phenoxy) is 1. The maximum atomic E-state index is 14.7. The van der Waals surface area contributed by atoms with Gasteiger partial charge in [0.1, 0.15) is 22.8 Å². The number of rotatable bonds is 9. The molecule has 0 amide bonds. The Morgan fingerprint density at radius 3 is 2.57 bits per heavy atom. The summed E-state index contributed by atoms with van der Waals surface area (Å²) in [4.78, 5) is 6.78. The van der Waals surface area contributed by atoms with Gasteiger partial charge >= 0.3 is 0 Å². The fourth-order valence-electron chi connectivity index (χ4n) is 3.76. The largest absolute Gasteiger partial charge is 0.497 e. The van der Waals surface area contributed by atoms with E-state index in [1.54, 1.807) is 19.2 Å². The second-order valence-corrected chi connectivity index (χ2v) is 7.57. The van der Waals surface area contributed by atoms with Crippen molar-refractivity contribution in [2.45, 2.75) is 39.7 Å². The zero-order valence-corrected chi connectivity index (χ0v) is 18.1. The number of nitrogen functional groups attached to an aromatic ring is 1. The van der Waals surface area contributed by atoms with E-state index in [1.807, 2.05) is 6.07 Å². The number of fused-ring (bicyclic) bond motifs is 2. The Kier molecular flexibility index (Phi) is 6.92. The molecule has 3 rings (SSSR count). The maximum Gasteiger partial charge on any atom is 0.175 e. The molecule has 0 saturated carbocycles. The number of halogens is 2. The summed E-state index contributed by atoms with van der Waals surface area (Å²) in [7, 11) is 1.58. The van der Waals surface area contributed by atoms with Gasteiger partial charge in [-0.1, -0.05) is 13.8 Å². The number of aromatic nitrogens is 1. The van der Waals surface area contributed by atoms with Gasteiger partial charge in [-0.15, -0.1) is 0 Å². The number of nitrogens with one attached hydrogen (secondary N) is 1. The van der Waals surface area contributed by atoms with Crippen LogP contribution in [-0.4, -0.2) is 42.7 Å². The fraction of sp³-hybridized carbons (Fsp3) is 0.435. The minimum atomic E-state index is -0.833. The number of benzene rings is 2. The molecule has 0 aliphatic carbocycles. The predicted octanol–water partition coefficient (Wildman–Crippen LogP) is 5.18. The molecule has 0 radical (unpaired) electrons. The van der Waals surface area contributed by atoms with Crippen LogP contribution in [0, 0.1) is 11.6 Å². The molecule has 162 valence electrons. The Morgan fingerprint density at radius 2 is 1.90 bits per heavy atom. The van der Waals surface area contributed by atoms with Gasteiger partial charge in [0.25, 0.3) is 0 Å². The highest BCUT2D eigenvalue weighted by Crippen LogP contribution is 2.37. The van der Waals surface area contributed by atoms with Gasteiger partial charge in [0.15, 0.2) is 5.82 Å². The zero-order chi connectivity index (χ0) is 21.8. The summed E-state index contributed by atoms with van der Waals surface area (Å²) in [6.45, 7) is 9.45. The maximum absolute atomic E-state index is 14.7. The van der Waals surface area contributed by atoms with Crippen LogP contribution < -0.4 is 15.8 Å². The molecule has 30 heavy (non-hydrogen) atoms. The minimum Gasteiger partial charge on any atom is -0.497 e. The predicted molar refractivity (Wildman–Crippen MR) is 120 cm³/mol. The SMILES string of the molecule is CCN(CC)CCCC(C)Nc1c2cc(OC)ccc2nc2c(F)c(N)c(F)cc12. The molecule has 1 atom stereocenters. The number of hydrogen-bond donors (Lipinski definition) is 2. The van der Waals surface area contributed by atoms with Gasteiger partial charge in [-0.05, 0) is 63.7 Å². The molecule has 1 unspecified atom stereocenters. The van der Waals surface area contributed by atoms with Crippen LogP contribution in [0.3, 0.4) is 0 Å². The van der Waals surface area contributed by atoms with Crippen LogP contribution in [0.2, 0.25) is 0 Å². The summed E-state index contributed by atoms with van der Waals surface area (Å²) >= 11 is 0. The van der Waals surface area contributed by atoms with Crippen LogP contribution in [0.1, 0.15) is 33.6 Å². The molecule has 0 aliphatic rings. The van der Waals surface area contributed by atoms with Gasteiger partial charge < -0.3 is 20.7 Å². The molecule has 3 aromatic rings. The van der Waals surface area contributed by atoms with E-state index in [0.717, 1.165) is 37.9 Å². The van der Waals surface area contributed by atoms with Crippen molar-refractivity contribution in [1.29, 1.82) is 0 Å². The Labute approximate surface area is 176 Å². The molecular formula is C23H30F2N4O. The summed E-state index contributed by atoms with van der Waals surface area (Å²) < 4.78 is 34.4. The monoisotopic (exact) mass is 416 g/mol. The molecule has 0 saturated heterocycles. The van der Waals surface area contributed by atoms with Crippen LogP contribution in [0.5, 0.6) is 5.75 Å². The molecule has 0 bridgehead atoms. The second-order valence-electron chi connectivity index (χ2n) is 7.57. The Morgan fingerprint density at radius 1 is 1.17 bits per heavy atom. The smallest absolute Gasteiger partial charge is 0.175 e. The average molecular weight is 417 g/mol. The van der Waals surface area contributed by atoms with E-state index >= 15 is 0 Å². The van der Waals surface area contributed by atoms with Crippen molar-refractivity contribution in [3.63, 3.8) is 0 Å². The van der Waals surface area contributed by atoms with Gasteiger partial charge in [-0.25, -0.2) is 13.8 Å². The highest BCUT2D eigenvalue weighted by atomic mass is 19.1. The number of nitrogens with two attached hydrogens (primary N) is 1. The molecule has 2 aromatic carbocycles. The summed E-state index contributed by atoms with van der Waals surface area (Å²) in [5.74, 6) is -0.974. The molecule has 1 aromatic heterocycles. The van der Waals surface area contributed by atoms with Crippen LogP contribution in [0.25, 0.3) is 21.8 Å². The number of nitrogens with zero attached hydrogens (tertiary/aromatic N) is 2. The number of hydrogen-bond acceptors (Lipinski definition) is 5. The quantitative estimate of drug-likeness (QED) is 0.372. The third-order valence-electron chi connectivity index (χ3n) is 5.60. The molecule has 1 heterocycles. The first-order valence-corrected chi connectivity index (χ1v) is 10.4. The van der Waals surface area contributed by atoms with Crippen LogP contribution in [0.15, 0.2) is 24.3 Å². The summed E-state index contributed by atoms with van der Waals surface area (Å²) in [6, 6.07) is 6.72. The third-order valence-corrected chi connectivity index (χ3v) is 5.60. The first-order chi connectivity index (χ1) is 14.4. The second kappa shape index (κ2) is 9.43. The Hall–Kier alpha value is -2.67. The highest BCUT2D eigenvalue weighted by Gasteiger charge is 2.19. The topological polar surface area (TPSA) is 63.4 Å². The van der Waals surface area contributed by atoms with Crippen molar-refractivity contribution in [2.75, 3.05) is 37.8 Å². The van der Waals surface area contributed by atoms with Crippen molar-refractivity contribution >= 4 is 33.2 Å². The zero-order valence-electron chi connectivity index (χ0n) is 18.1. The molecular weight excluding hydrogens is 386 g/mol. The van der Waals surface area contributed by atoms with Crippen molar-refractivity contribution < 1.29 is 13.5 Å². The lowest BCUT2D eigenvalue weighted by Crippen LogP contribution is -2.25. The van der Waals surface area contributed by atoms with Gasteiger partial charge in [0, 0.05) is 16.8 Å². The Balaban J connectivity index is 2.03. The van der Waals surface area contributed by atoms with Crippen molar-refractivity contribution in [3.8, 4) is 5.75 Å². The molecule has 3 N–H and O–H groups in total. The lowest BCUT2D eigenvalue weighted by molar-refractivity contribution is 0.295. The normalized spacial score (nSPS) is 12.6. The van der Waals surface area contributed by atoms with E-state index in [4.69, 9.17) is 10.5 Å². The van der Waals surface area contributed by atoms with Crippen LogP contribution in [-0.2, 0) is 0 Å². The first-order valence-electron chi connectivity index (χ1n) is 10.4. The van der Waals surface area contributed by atoms with Crippen LogP contribution >= 0.6 is 0 Å². The third kappa shape index (κ3) is 4.41. The van der Waals surface area contributed by atoms with Gasteiger partial charge in [-0.2, -0.15) is 0 Å². The van der Waals surface area contributed by atoms with Crippen molar-refractivity contribution in [3.05, 3.63) is 35.9 Å². The standard InChI is InChI=1S/C23H30F2N4O/c1-5-29(6-2)11-7-8-14(3)27-22-16-12-15(30-4)9-10-19(16)28-23-17(22)13-18(24)21(26)20(23)25/h9-10,12-14H,5-8,11,26H2,1-4H3,(H,27,28). The molecule has 0 aliphatic heterocycles. The molecule has 7 heteroatoms. The number of pyridine rings is 1. The van der Waals surface area contributed by atoms with E-state index < -0.39 is 17.3 Å². The number of anilines is 2. The summed E-state index contributed by atoms with van der Waals surface area (Å²) in [5, 5.41) is 4.60. The fourth-order valence-corrected chi connectivity index (χ4v) is 3.76. The molecule has 5 nitrogen and oxygen atoms in total. The van der Waals surface area contributed by atoms with Gasteiger partial charge in [-0.3, -0.25) is 0 Å². The van der Waals surface area contributed by atoms with Crippen molar-refractivity contribution in [2.24, 2.45) is 0 Å². The van der Waals surface area contributed by atoms with E-state index in [2.05, 4.69) is 36.0 Å².